The summed E-state index contributed by atoms with van der Waals surface area (Å²) in [7, 11) is 0. The first-order valence-electron chi connectivity index (χ1n) is 10.1. The maximum absolute atomic E-state index is 12.8. The van der Waals surface area contributed by atoms with Gasteiger partial charge in [0.15, 0.2) is 0 Å². The number of carbonyl (C=O) groups is 2. The van der Waals surface area contributed by atoms with Crippen LogP contribution >= 0.6 is 23.2 Å². The second-order valence-corrected chi connectivity index (χ2v) is 8.39. The molecule has 0 fully saturated rings. The molecule has 0 unspecified atom stereocenters. The molecule has 8 heteroatoms. The first kappa shape index (κ1) is 23.6. The minimum absolute atomic E-state index is 0.109. The maximum Gasteiger partial charge on any atom is 0.246 e. The van der Waals surface area contributed by atoms with Gasteiger partial charge in [0.1, 0.15) is 6.54 Å². The average Bonchev–Trinajstić information content (AvgIpc) is 3.17. The topological polar surface area (TPSA) is 67.2 Å². The Hall–Kier alpha value is -3.09. The van der Waals surface area contributed by atoms with E-state index < -0.39 is 0 Å². The van der Waals surface area contributed by atoms with Crippen LogP contribution in [0.2, 0.25) is 10.0 Å². The molecule has 1 aromatic heterocycles. The van der Waals surface area contributed by atoms with E-state index in [0.717, 1.165) is 11.3 Å². The largest absolute Gasteiger partial charge is 0.329 e. The van der Waals surface area contributed by atoms with Crippen molar-refractivity contribution >= 4 is 41.0 Å². The zero-order valence-electron chi connectivity index (χ0n) is 17.9. The molecule has 32 heavy (non-hydrogen) atoms. The molecule has 0 aliphatic rings. The van der Waals surface area contributed by atoms with Gasteiger partial charge >= 0.3 is 0 Å². The summed E-state index contributed by atoms with van der Waals surface area (Å²) in [6.07, 6.45) is 3.41. The number of nitrogens with zero attached hydrogens (tertiary/aromatic N) is 3. The summed E-state index contributed by atoms with van der Waals surface area (Å²) in [5.41, 5.74) is 2.23. The lowest BCUT2D eigenvalue weighted by Crippen LogP contribution is -2.40. The minimum Gasteiger partial charge on any atom is -0.329 e. The van der Waals surface area contributed by atoms with Crippen LogP contribution < -0.4 is 5.32 Å². The van der Waals surface area contributed by atoms with Gasteiger partial charge < -0.3 is 4.90 Å². The van der Waals surface area contributed by atoms with Gasteiger partial charge in [-0.15, -0.1) is 6.58 Å². The Morgan fingerprint density at radius 3 is 2.50 bits per heavy atom. The standard InChI is InChI=1S/C24H24Cl2N4O2/c1-4-12-29(23(32)16(2)3)15-22(31)28-24-27-21(17-8-10-18(25)11-9-17)14-30(24)20-7-5-6-19(26)13-20/h4-11,13-14,16H,1,12,15H2,2-3H3,(H,27,28,31). The Morgan fingerprint density at radius 2 is 1.88 bits per heavy atom. The summed E-state index contributed by atoms with van der Waals surface area (Å²) in [4.78, 5) is 31.3. The molecule has 1 heterocycles. The van der Waals surface area contributed by atoms with Crippen LogP contribution in [0.5, 0.6) is 0 Å². The predicted molar refractivity (Wildman–Crippen MR) is 129 cm³/mol. The number of hydrogen-bond acceptors (Lipinski definition) is 3. The van der Waals surface area contributed by atoms with E-state index in [1.807, 2.05) is 30.5 Å². The van der Waals surface area contributed by atoms with Crippen molar-refractivity contribution in [2.75, 3.05) is 18.4 Å². The fourth-order valence-corrected chi connectivity index (χ4v) is 3.45. The highest BCUT2D eigenvalue weighted by Gasteiger charge is 2.21. The van der Waals surface area contributed by atoms with Crippen molar-refractivity contribution in [1.29, 1.82) is 0 Å². The second-order valence-electron chi connectivity index (χ2n) is 7.52. The molecule has 2 aromatic carbocycles. The number of anilines is 1. The zero-order valence-corrected chi connectivity index (χ0v) is 19.4. The Morgan fingerprint density at radius 1 is 1.16 bits per heavy atom. The Bertz CT molecular complexity index is 1120. The summed E-state index contributed by atoms with van der Waals surface area (Å²) in [5.74, 6) is -0.400. The van der Waals surface area contributed by atoms with Crippen molar-refractivity contribution in [2.45, 2.75) is 13.8 Å². The molecule has 3 aromatic rings. The fraction of sp³-hybridized carbons (Fsp3) is 0.208. The van der Waals surface area contributed by atoms with E-state index >= 15 is 0 Å². The van der Waals surface area contributed by atoms with Gasteiger partial charge in [0.25, 0.3) is 0 Å². The summed E-state index contributed by atoms with van der Waals surface area (Å²) >= 11 is 12.2. The van der Waals surface area contributed by atoms with Gasteiger partial charge in [0.2, 0.25) is 17.8 Å². The van der Waals surface area contributed by atoms with Gasteiger partial charge in [-0.25, -0.2) is 4.98 Å². The van der Waals surface area contributed by atoms with Crippen LogP contribution in [0.4, 0.5) is 5.95 Å². The van der Waals surface area contributed by atoms with E-state index in [0.29, 0.717) is 21.7 Å². The monoisotopic (exact) mass is 470 g/mol. The normalized spacial score (nSPS) is 10.8. The number of halogens is 2. The van der Waals surface area contributed by atoms with E-state index in [4.69, 9.17) is 23.2 Å². The van der Waals surface area contributed by atoms with Crippen LogP contribution in [0.1, 0.15) is 13.8 Å². The van der Waals surface area contributed by atoms with Crippen LogP contribution in [0.15, 0.2) is 67.4 Å². The third-order valence-corrected chi connectivity index (χ3v) is 5.16. The van der Waals surface area contributed by atoms with Crippen LogP contribution in [-0.2, 0) is 9.59 Å². The van der Waals surface area contributed by atoms with Crippen molar-refractivity contribution in [3.63, 3.8) is 0 Å². The summed E-state index contributed by atoms with van der Waals surface area (Å²) in [6.45, 7) is 7.43. The molecule has 2 amide bonds. The van der Waals surface area contributed by atoms with Gasteiger partial charge in [-0.05, 0) is 30.3 Å². The van der Waals surface area contributed by atoms with Gasteiger partial charge in [0.05, 0.1) is 5.69 Å². The van der Waals surface area contributed by atoms with Crippen molar-refractivity contribution in [2.24, 2.45) is 5.92 Å². The van der Waals surface area contributed by atoms with Gasteiger partial charge in [-0.3, -0.25) is 19.5 Å². The molecular weight excluding hydrogens is 447 g/mol. The number of rotatable bonds is 8. The number of hydrogen-bond donors (Lipinski definition) is 1. The number of nitrogens with one attached hydrogen (secondary N) is 1. The van der Waals surface area contributed by atoms with Gasteiger partial charge in [0, 0.05) is 40.0 Å². The van der Waals surface area contributed by atoms with Gasteiger partial charge in [-0.2, -0.15) is 0 Å². The van der Waals surface area contributed by atoms with Crippen molar-refractivity contribution in [3.8, 4) is 16.9 Å². The molecule has 0 bridgehead atoms. The first-order chi connectivity index (χ1) is 15.3. The molecule has 0 saturated carbocycles. The highest BCUT2D eigenvalue weighted by molar-refractivity contribution is 6.31. The molecule has 0 spiro atoms. The van der Waals surface area contributed by atoms with Crippen LogP contribution in [0, 0.1) is 5.92 Å². The first-order valence-corrected chi connectivity index (χ1v) is 10.8. The molecule has 0 aliphatic heterocycles. The van der Waals surface area contributed by atoms with Crippen molar-refractivity contribution in [3.05, 3.63) is 77.4 Å². The Labute approximate surface area is 197 Å². The van der Waals surface area contributed by atoms with Crippen LogP contribution in [0.3, 0.4) is 0 Å². The van der Waals surface area contributed by atoms with Crippen LogP contribution in [0.25, 0.3) is 16.9 Å². The fourth-order valence-electron chi connectivity index (χ4n) is 3.14. The number of carbonyl (C=O) groups excluding carboxylic acids is 2. The number of amides is 2. The highest BCUT2D eigenvalue weighted by atomic mass is 35.5. The number of benzene rings is 2. The molecule has 6 nitrogen and oxygen atoms in total. The van der Waals surface area contributed by atoms with E-state index in [9.17, 15) is 9.59 Å². The third kappa shape index (κ3) is 5.78. The quantitative estimate of drug-likeness (QED) is 0.444. The van der Waals surface area contributed by atoms with Crippen LogP contribution in [-0.4, -0.2) is 39.4 Å². The van der Waals surface area contributed by atoms with E-state index in [1.54, 1.807) is 48.8 Å². The van der Waals surface area contributed by atoms with Gasteiger partial charge in [-0.1, -0.05) is 61.3 Å². The second kappa shape index (κ2) is 10.5. The summed E-state index contributed by atoms with van der Waals surface area (Å²) < 4.78 is 1.75. The minimum atomic E-state index is -0.364. The van der Waals surface area contributed by atoms with E-state index in [2.05, 4.69) is 16.9 Å². The molecule has 166 valence electrons. The lowest BCUT2D eigenvalue weighted by atomic mass is 10.2. The molecular formula is C24H24Cl2N4O2. The zero-order chi connectivity index (χ0) is 23.3. The molecule has 0 saturated heterocycles. The number of aromatic nitrogens is 2. The molecule has 0 atom stereocenters. The smallest absolute Gasteiger partial charge is 0.246 e. The average molecular weight is 471 g/mol. The molecule has 3 rings (SSSR count). The Balaban J connectivity index is 1.93. The SMILES string of the molecule is C=CCN(CC(=O)Nc1nc(-c2ccc(Cl)cc2)cn1-c1cccc(Cl)c1)C(=O)C(C)C. The number of imidazole rings is 1. The highest BCUT2D eigenvalue weighted by Crippen LogP contribution is 2.26. The van der Waals surface area contributed by atoms with Crippen molar-refractivity contribution in [1.82, 2.24) is 14.5 Å². The lowest BCUT2D eigenvalue weighted by molar-refractivity contribution is -0.136. The Kier molecular flexibility index (Phi) is 7.72. The maximum atomic E-state index is 12.8. The molecule has 0 radical (unpaired) electrons. The van der Waals surface area contributed by atoms with E-state index in [1.165, 1.54) is 4.90 Å². The molecule has 1 N–H and O–H groups in total. The lowest BCUT2D eigenvalue weighted by Gasteiger charge is -2.22. The molecule has 0 aliphatic carbocycles. The third-order valence-electron chi connectivity index (χ3n) is 4.67. The van der Waals surface area contributed by atoms with E-state index in [-0.39, 0.29) is 30.8 Å². The summed E-state index contributed by atoms with van der Waals surface area (Å²) in [5, 5.41) is 4.00. The predicted octanol–water partition coefficient (Wildman–Crippen LogP) is 5.46. The summed E-state index contributed by atoms with van der Waals surface area (Å²) in [6, 6.07) is 14.5. The van der Waals surface area contributed by atoms with Crippen molar-refractivity contribution < 1.29 is 9.59 Å².